The summed E-state index contributed by atoms with van der Waals surface area (Å²) in [5.41, 5.74) is 0. The Hall–Kier alpha value is -2.72. The van der Waals surface area contributed by atoms with Gasteiger partial charge in [0.05, 0.1) is 37.3 Å². The highest BCUT2D eigenvalue weighted by atomic mass is 16.6. The summed E-state index contributed by atoms with van der Waals surface area (Å²) < 4.78 is 33.8. The zero-order chi connectivity index (χ0) is 32.4. The third kappa shape index (κ3) is 13.7. The van der Waals surface area contributed by atoms with Crippen LogP contribution in [0.4, 0.5) is 0 Å². The molecule has 10 nitrogen and oxygen atoms in total. The van der Waals surface area contributed by atoms with Crippen LogP contribution in [0.15, 0.2) is 25.3 Å². The number of hydrogen-bond acceptors (Lipinski definition) is 10. The van der Waals surface area contributed by atoms with E-state index in [1.165, 1.54) is 0 Å². The van der Waals surface area contributed by atoms with Crippen molar-refractivity contribution in [2.24, 2.45) is 17.8 Å². The molecule has 0 aromatic heterocycles. The van der Waals surface area contributed by atoms with Gasteiger partial charge < -0.3 is 28.4 Å². The van der Waals surface area contributed by atoms with Crippen molar-refractivity contribution in [2.45, 2.75) is 128 Å². The van der Waals surface area contributed by atoms with E-state index < -0.39 is 11.9 Å². The number of carbonyl (C=O) groups excluding carboxylic acids is 4. The van der Waals surface area contributed by atoms with Crippen LogP contribution in [0.25, 0.3) is 0 Å². The second-order valence-corrected chi connectivity index (χ2v) is 12.7. The van der Waals surface area contributed by atoms with Crippen LogP contribution in [-0.2, 0) is 47.6 Å². The summed E-state index contributed by atoms with van der Waals surface area (Å²) in [6.45, 7) is 10.8. The van der Waals surface area contributed by atoms with E-state index in [1.54, 1.807) is 0 Å². The molecular formula is C35H54O10. The topological polar surface area (TPSA) is 124 Å². The van der Waals surface area contributed by atoms with Gasteiger partial charge in [0.1, 0.15) is 12.2 Å². The summed E-state index contributed by atoms with van der Waals surface area (Å²) in [6.07, 6.45) is 14.0. The lowest BCUT2D eigenvalue weighted by Gasteiger charge is -2.36. The Balaban J connectivity index is 1.23. The minimum absolute atomic E-state index is 0.0878. The molecule has 254 valence electrons. The van der Waals surface area contributed by atoms with Crippen molar-refractivity contribution in [1.29, 1.82) is 0 Å². The molecule has 0 spiro atoms. The van der Waals surface area contributed by atoms with E-state index in [9.17, 15) is 19.2 Å². The molecule has 3 aliphatic rings. The molecule has 0 saturated heterocycles. The highest BCUT2D eigenvalue weighted by molar-refractivity contribution is 5.81. The third-order valence-corrected chi connectivity index (χ3v) is 9.21. The Morgan fingerprint density at radius 2 is 1.00 bits per heavy atom. The molecule has 0 bridgehead atoms. The average Bonchev–Trinajstić information content (AvgIpc) is 3.05. The van der Waals surface area contributed by atoms with E-state index in [2.05, 4.69) is 20.1 Å². The van der Waals surface area contributed by atoms with Crippen LogP contribution in [0.3, 0.4) is 0 Å². The maximum Gasteiger partial charge on any atom is 0.330 e. The van der Waals surface area contributed by atoms with Crippen molar-refractivity contribution in [3.8, 4) is 0 Å². The summed E-state index contributed by atoms with van der Waals surface area (Å²) >= 11 is 0. The van der Waals surface area contributed by atoms with Gasteiger partial charge in [-0.25, -0.2) is 9.59 Å². The second-order valence-electron chi connectivity index (χ2n) is 12.7. The highest BCUT2D eigenvalue weighted by Crippen LogP contribution is 2.34. The van der Waals surface area contributed by atoms with E-state index in [4.69, 9.17) is 28.4 Å². The Morgan fingerprint density at radius 3 is 1.44 bits per heavy atom. The van der Waals surface area contributed by atoms with E-state index >= 15 is 0 Å². The first kappa shape index (κ1) is 36.7. The van der Waals surface area contributed by atoms with Crippen LogP contribution < -0.4 is 0 Å². The zero-order valence-electron chi connectivity index (χ0n) is 27.1. The molecule has 3 saturated carbocycles. The zero-order valence-corrected chi connectivity index (χ0v) is 27.1. The van der Waals surface area contributed by atoms with Crippen molar-refractivity contribution in [3.05, 3.63) is 25.3 Å². The molecule has 0 aliphatic heterocycles. The van der Waals surface area contributed by atoms with Gasteiger partial charge in [0.25, 0.3) is 0 Å². The first-order valence-corrected chi connectivity index (χ1v) is 17.0. The predicted molar refractivity (Wildman–Crippen MR) is 167 cm³/mol. The number of hydrogen-bond donors (Lipinski definition) is 0. The molecule has 0 heterocycles. The number of ether oxygens (including phenoxy) is 6. The normalized spacial score (nSPS) is 28.3. The molecule has 45 heavy (non-hydrogen) atoms. The smallest absolute Gasteiger partial charge is 0.330 e. The molecular weight excluding hydrogens is 580 g/mol. The van der Waals surface area contributed by atoms with Crippen molar-refractivity contribution in [3.63, 3.8) is 0 Å². The van der Waals surface area contributed by atoms with Gasteiger partial charge in [-0.1, -0.05) is 20.1 Å². The van der Waals surface area contributed by atoms with E-state index in [0.29, 0.717) is 45.7 Å². The van der Waals surface area contributed by atoms with Crippen molar-refractivity contribution in [2.75, 3.05) is 26.4 Å². The third-order valence-electron chi connectivity index (χ3n) is 9.21. The lowest BCUT2D eigenvalue weighted by molar-refractivity contribution is -0.169. The first-order valence-electron chi connectivity index (χ1n) is 17.0. The predicted octanol–water partition coefficient (Wildman–Crippen LogP) is 5.80. The summed E-state index contributed by atoms with van der Waals surface area (Å²) in [6, 6.07) is 0. The second kappa shape index (κ2) is 20.4. The molecule has 0 amide bonds. The van der Waals surface area contributed by atoms with Crippen molar-refractivity contribution >= 4 is 23.9 Å². The molecule has 3 fully saturated rings. The molecule has 3 aliphatic carbocycles. The molecule has 0 N–H and O–H groups in total. The fraction of sp³-hybridized carbons (Fsp3) is 0.771. The number of rotatable bonds is 18. The summed E-state index contributed by atoms with van der Waals surface area (Å²) in [5.74, 6) is -1.07. The Labute approximate surface area is 268 Å². The molecule has 0 radical (unpaired) electrons. The fourth-order valence-electron chi connectivity index (χ4n) is 6.41. The monoisotopic (exact) mass is 634 g/mol. The molecule has 10 heteroatoms. The van der Waals surface area contributed by atoms with Gasteiger partial charge in [-0.2, -0.15) is 0 Å². The van der Waals surface area contributed by atoms with Gasteiger partial charge in [0.15, 0.2) is 0 Å². The van der Waals surface area contributed by atoms with Crippen LogP contribution in [0.1, 0.15) is 103 Å². The summed E-state index contributed by atoms with van der Waals surface area (Å²) in [5, 5.41) is 0. The molecule has 3 rings (SSSR count). The van der Waals surface area contributed by atoms with E-state index in [1.807, 2.05) is 0 Å². The fourth-order valence-corrected chi connectivity index (χ4v) is 6.41. The molecule has 0 aromatic rings. The lowest BCUT2D eigenvalue weighted by Crippen LogP contribution is -2.39. The largest absolute Gasteiger partial charge is 0.463 e. The van der Waals surface area contributed by atoms with Crippen LogP contribution in [-0.4, -0.2) is 74.7 Å². The number of unbranched alkanes of at least 4 members (excludes halogenated alkanes) is 2. The van der Waals surface area contributed by atoms with Crippen LogP contribution >= 0.6 is 0 Å². The first-order chi connectivity index (χ1) is 21.8. The maximum atomic E-state index is 12.9. The quantitative estimate of drug-likeness (QED) is 0.0791. The molecule has 3 atom stereocenters. The van der Waals surface area contributed by atoms with Gasteiger partial charge in [-0.05, 0) is 102 Å². The van der Waals surface area contributed by atoms with Crippen LogP contribution in [0.5, 0.6) is 0 Å². The van der Waals surface area contributed by atoms with Crippen LogP contribution in [0, 0.1) is 17.8 Å². The summed E-state index contributed by atoms with van der Waals surface area (Å²) in [7, 11) is 0. The van der Waals surface area contributed by atoms with E-state index in [0.717, 1.165) is 89.2 Å². The van der Waals surface area contributed by atoms with Gasteiger partial charge in [0, 0.05) is 25.4 Å². The van der Waals surface area contributed by atoms with Gasteiger partial charge in [-0.3, -0.25) is 9.59 Å². The molecule has 0 aromatic carbocycles. The Bertz CT molecular complexity index is 948. The number of esters is 4. The minimum atomic E-state index is -0.403. The standard InChI is InChI=1S/C35H54O10/c1-4-32(36)42-22-8-6-20-40-28-14-10-26(11-15-28)34(38)44-30-18-19-31(25(3)24-30)45-35(39)27-12-16-29(17-13-27)41-21-7-9-23-43-33(37)5-2/h4-5,25-31H,1-2,6-24H2,3H3. The van der Waals surface area contributed by atoms with Gasteiger partial charge >= 0.3 is 23.9 Å². The Morgan fingerprint density at radius 1 is 0.578 bits per heavy atom. The van der Waals surface area contributed by atoms with Gasteiger partial charge in [-0.15, -0.1) is 0 Å². The summed E-state index contributed by atoms with van der Waals surface area (Å²) in [4.78, 5) is 48.0. The maximum absolute atomic E-state index is 12.9. The van der Waals surface area contributed by atoms with Crippen LogP contribution in [0.2, 0.25) is 0 Å². The SMILES string of the molecule is C=CC(=O)OCCCCOC1CCC(C(=O)OC2CCC(OC(=O)C3CCC(OCCCCOC(=O)C=C)CC3)C(C)C2)CC1. The van der Waals surface area contributed by atoms with Gasteiger partial charge in [0.2, 0.25) is 0 Å². The molecule has 3 unspecified atom stereocenters. The van der Waals surface area contributed by atoms with Crippen molar-refractivity contribution < 1.29 is 47.6 Å². The lowest BCUT2D eigenvalue weighted by atomic mass is 9.84. The highest BCUT2D eigenvalue weighted by Gasteiger charge is 2.36. The van der Waals surface area contributed by atoms with E-state index in [-0.39, 0.29) is 54.1 Å². The van der Waals surface area contributed by atoms with Crippen molar-refractivity contribution in [1.82, 2.24) is 0 Å². The Kier molecular flexibility index (Phi) is 16.7. The number of carbonyl (C=O) groups is 4. The average molecular weight is 635 g/mol. The minimum Gasteiger partial charge on any atom is -0.463 e.